The predicted molar refractivity (Wildman–Crippen MR) is 88.6 cm³/mol. The summed E-state index contributed by atoms with van der Waals surface area (Å²) in [5.74, 6) is -0.206. The molecule has 1 N–H and O–H groups in total. The van der Waals surface area contributed by atoms with Crippen LogP contribution in [0.5, 0.6) is 0 Å². The average Bonchev–Trinajstić information content (AvgIpc) is 2.91. The van der Waals surface area contributed by atoms with Gasteiger partial charge in [0.25, 0.3) is 5.91 Å². The standard InChI is InChI=1S/C17H23NO3S/c1-12-5-3-4-6-14(12)18-16(19)11-21-17(20)8-7-15-13(2)9-10-22-15/h7-10,12,14H,3-6,11H2,1-2H3,(H,18,19)/b8-7+/t12-,14+/m0/s1. The third-order valence-corrected chi connectivity index (χ3v) is 5.06. The molecule has 22 heavy (non-hydrogen) atoms. The lowest BCUT2D eigenvalue weighted by Gasteiger charge is -2.29. The minimum atomic E-state index is -0.486. The Labute approximate surface area is 135 Å². The van der Waals surface area contributed by atoms with E-state index in [0.29, 0.717) is 5.92 Å². The van der Waals surface area contributed by atoms with Crippen molar-refractivity contribution in [1.29, 1.82) is 0 Å². The first-order valence-corrected chi connectivity index (χ1v) is 8.62. The van der Waals surface area contributed by atoms with Crippen molar-refractivity contribution < 1.29 is 14.3 Å². The fourth-order valence-electron chi connectivity index (χ4n) is 2.66. The molecule has 1 aromatic rings. The molecule has 0 spiro atoms. The largest absolute Gasteiger partial charge is 0.452 e. The Bertz CT molecular complexity index is 550. The summed E-state index contributed by atoms with van der Waals surface area (Å²) in [5, 5.41) is 4.94. The molecule has 120 valence electrons. The molecule has 0 bridgehead atoms. The molecule has 0 radical (unpaired) electrons. The van der Waals surface area contributed by atoms with E-state index in [1.807, 2.05) is 18.4 Å². The van der Waals surface area contributed by atoms with Gasteiger partial charge < -0.3 is 10.1 Å². The number of thiophene rings is 1. The van der Waals surface area contributed by atoms with Crippen molar-refractivity contribution in [2.24, 2.45) is 5.92 Å². The molecule has 2 atom stereocenters. The summed E-state index contributed by atoms with van der Waals surface area (Å²) >= 11 is 1.57. The number of esters is 1. The number of hydrogen-bond donors (Lipinski definition) is 1. The number of aryl methyl sites for hydroxylation is 1. The van der Waals surface area contributed by atoms with Crippen LogP contribution in [0.15, 0.2) is 17.5 Å². The molecule has 1 saturated carbocycles. The Morgan fingerprint density at radius 3 is 2.86 bits per heavy atom. The van der Waals surface area contributed by atoms with Crippen LogP contribution in [0.4, 0.5) is 0 Å². The second-order valence-corrected chi connectivity index (χ2v) is 6.79. The highest BCUT2D eigenvalue weighted by molar-refractivity contribution is 7.11. The van der Waals surface area contributed by atoms with Gasteiger partial charge in [-0.15, -0.1) is 11.3 Å². The van der Waals surface area contributed by atoms with E-state index in [1.54, 1.807) is 17.4 Å². The van der Waals surface area contributed by atoms with Crippen LogP contribution in [-0.4, -0.2) is 24.5 Å². The van der Waals surface area contributed by atoms with Crippen LogP contribution in [0.2, 0.25) is 0 Å². The van der Waals surface area contributed by atoms with E-state index in [1.165, 1.54) is 12.5 Å². The molecule has 1 amide bonds. The number of hydrogen-bond acceptors (Lipinski definition) is 4. The van der Waals surface area contributed by atoms with Crippen LogP contribution >= 0.6 is 11.3 Å². The van der Waals surface area contributed by atoms with Crippen LogP contribution in [0.1, 0.15) is 43.0 Å². The zero-order valence-corrected chi connectivity index (χ0v) is 13.9. The highest BCUT2D eigenvalue weighted by Crippen LogP contribution is 2.23. The van der Waals surface area contributed by atoms with Gasteiger partial charge in [0.05, 0.1) is 0 Å². The summed E-state index contributed by atoms with van der Waals surface area (Å²) < 4.78 is 4.99. The molecule has 2 rings (SSSR count). The number of carbonyl (C=O) groups is 2. The SMILES string of the molecule is Cc1ccsc1/C=C/C(=O)OCC(=O)N[C@@H]1CCCC[C@@H]1C. The smallest absolute Gasteiger partial charge is 0.331 e. The second-order valence-electron chi connectivity index (χ2n) is 5.84. The lowest BCUT2D eigenvalue weighted by molar-refractivity contribution is -0.144. The highest BCUT2D eigenvalue weighted by atomic mass is 32.1. The van der Waals surface area contributed by atoms with Gasteiger partial charge in [0, 0.05) is 17.0 Å². The molecule has 0 aromatic carbocycles. The molecular weight excluding hydrogens is 298 g/mol. The normalized spacial score (nSPS) is 21.7. The molecule has 5 heteroatoms. The Kier molecular flexibility index (Phi) is 6.19. The zero-order chi connectivity index (χ0) is 15.9. The maximum atomic E-state index is 11.8. The minimum Gasteiger partial charge on any atom is -0.452 e. The second kappa shape index (κ2) is 8.13. The molecule has 0 saturated heterocycles. The molecule has 1 heterocycles. The first kappa shape index (κ1) is 16.7. The lowest BCUT2D eigenvalue weighted by Crippen LogP contribution is -2.42. The summed E-state index contributed by atoms with van der Waals surface area (Å²) in [6, 6.07) is 2.21. The van der Waals surface area contributed by atoms with Crippen molar-refractivity contribution in [3.8, 4) is 0 Å². The maximum absolute atomic E-state index is 11.8. The Morgan fingerprint density at radius 1 is 1.41 bits per heavy atom. The number of ether oxygens (including phenoxy) is 1. The predicted octanol–water partition coefficient (Wildman–Crippen LogP) is 3.31. The minimum absolute atomic E-state index is 0.212. The summed E-state index contributed by atoms with van der Waals surface area (Å²) in [5.41, 5.74) is 1.12. The number of nitrogens with one attached hydrogen (secondary N) is 1. The monoisotopic (exact) mass is 321 g/mol. The topological polar surface area (TPSA) is 55.4 Å². The first-order chi connectivity index (χ1) is 10.6. The molecule has 1 aliphatic carbocycles. The molecule has 0 unspecified atom stereocenters. The van der Waals surface area contributed by atoms with Crippen LogP contribution in [-0.2, 0) is 14.3 Å². The van der Waals surface area contributed by atoms with Crippen molar-refractivity contribution in [1.82, 2.24) is 5.32 Å². The molecule has 1 fully saturated rings. The number of rotatable bonds is 5. The summed E-state index contributed by atoms with van der Waals surface area (Å²) in [6.07, 6.45) is 7.64. The summed E-state index contributed by atoms with van der Waals surface area (Å²) in [7, 11) is 0. The highest BCUT2D eigenvalue weighted by Gasteiger charge is 2.22. The summed E-state index contributed by atoms with van der Waals surface area (Å²) in [6.45, 7) is 3.93. The van der Waals surface area contributed by atoms with Crippen LogP contribution in [0, 0.1) is 12.8 Å². The van der Waals surface area contributed by atoms with Gasteiger partial charge in [0.2, 0.25) is 0 Å². The Morgan fingerprint density at radius 2 is 2.18 bits per heavy atom. The van der Waals surface area contributed by atoms with Gasteiger partial charge >= 0.3 is 5.97 Å². The van der Waals surface area contributed by atoms with Crippen LogP contribution in [0.3, 0.4) is 0 Å². The molecule has 4 nitrogen and oxygen atoms in total. The van der Waals surface area contributed by atoms with Gasteiger partial charge in [-0.3, -0.25) is 4.79 Å². The fraction of sp³-hybridized carbons (Fsp3) is 0.529. The van der Waals surface area contributed by atoms with E-state index in [2.05, 4.69) is 12.2 Å². The third-order valence-electron chi connectivity index (χ3n) is 4.08. The summed E-state index contributed by atoms with van der Waals surface area (Å²) in [4.78, 5) is 24.5. The van der Waals surface area contributed by atoms with E-state index in [-0.39, 0.29) is 18.6 Å². The molecular formula is C17H23NO3S. The van der Waals surface area contributed by atoms with E-state index in [9.17, 15) is 9.59 Å². The maximum Gasteiger partial charge on any atom is 0.331 e. The fourth-order valence-corrected chi connectivity index (χ4v) is 3.48. The van der Waals surface area contributed by atoms with Crippen LogP contribution in [0.25, 0.3) is 6.08 Å². The van der Waals surface area contributed by atoms with E-state index in [0.717, 1.165) is 29.7 Å². The van der Waals surface area contributed by atoms with Gasteiger partial charge in [-0.1, -0.05) is 19.8 Å². The zero-order valence-electron chi connectivity index (χ0n) is 13.1. The van der Waals surface area contributed by atoms with Gasteiger partial charge in [0.15, 0.2) is 6.61 Å². The Balaban J connectivity index is 1.72. The van der Waals surface area contributed by atoms with E-state index in [4.69, 9.17) is 4.74 Å². The van der Waals surface area contributed by atoms with Gasteiger partial charge in [-0.2, -0.15) is 0 Å². The Hall–Kier alpha value is -1.62. The quantitative estimate of drug-likeness (QED) is 0.668. The van der Waals surface area contributed by atoms with E-state index < -0.39 is 5.97 Å². The van der Waals surface area contributed by atoms with Crippen molar-refractivity contribution >= 4 is 29.3 Å². The third kappa shape index (κ3) is 4.98. The van der Waals surface area contributed by atoms with E-state index >= 15 is 0 Å². The first-order valence-electron chi connectivity index (χ1n) is 7.74. The van der Waals surface area contributed by atoms with Crippen LogP contribution < -0.4 is 5.32 Å². The van der Waals surface area contributed by atoms with Crippen molar-refractivity contribution in [2.45, 2.75) is 45.6 Å². The van der Waals surface area contributed by atoms with Gasteiger partial charge in [-0.05, 0) is 48.8 Å². The van der Waals surface area contributed by atoms with Gasteiger partial charge in [0.1, 0.15) is 0 Å². The molecule has 1 aliphatic rings. The van der Waals surface area contributed by atoms with Gasteiger partial charge in [-0.25, -0.2) is 4.79 Å². The average molecular weight is 321 g/mol. The van der Waals surface area contributed by atoms with Crippen molar-refractivity contribution in [3.63, 3.8) is 0 Å². The number of amides is 1. The van der Waals surface area contributed by atoms with Crippen molar-refractivity contribution in [3.05, 3.63) is 28.0 Å². The lowest BCUT2D eigenvalue weighted by atomic mass is 9.86. The molecule has 1 aromatic heterocycles. The molecule has 0 aliphatic heterocycles. The number of carbonyl (C=O) groups excluding carboxylic acids is 2. The van der Waals surface area contributed by atoms with Crippen molar-refractivity contribution in [2.75, 3.05) is 6.61 Å².